The maximum atomic E-state index is 14.0. The second-order valence-electron chi connectivity index (χ2n) is 9.01. The van der Waals surface area contributed by atoms with Crippen LogP contribution in [0.25, 0.3) is 22.0 Å². The van der Waals surface area contributed by atoms with Crippen molar-refractivity contribution in [1.82, 2.24) is 25.1 Å². The number of carbonyl (C=O) groups excluding carboxylic acids is 1. The molecular formula is C27H31N5O3. The average Bonchev–Trinajstić information content (AvgIpc) is 3.31. The number of rotatable bonds is 8. The number of pyridine rings is 2. The van der Waals surface area contributed by atoms with Gasteiger partial charge in [0.2, 0.25) is 5.88 Å². The molecule has 0 saturated carbocycles. The molecule has 8 nitrogen and oxygen atoms in total. The van der Waals surface area contributed by atoms with Crippen LogP contribution in [0.5, 0.6) is 5.88 Å². The standard InChI is InChI=1S/C27H31N5O3/c1-6-7-18-10-17(4)30-26(33)23(18)15-32(16(2)3)27(34)21-11-20(12-24-22(21)14-29-31-24)19-8-9-25(35-5)28-13-19/h8-14,16H,6-7,15H2,1-5H3,(H,29,31)(H,30,33). The second kappa shape index (κ2) is 10.1. The lowest BCUT2D eigenvalue weighted by Gasteiger charge is -2.28. The lowest BCUT2D eigenvalue weighted by atomic mass is 9.99. The zero-order valence-corrected chi connectivity index (χ0v) is 20.8. The summed E-state index contributed by atoms with van der Waals surface area (Å²) in [7, 11) is 1.57. The number of benzene rings is 1. The summed E-state index contributed by atoms with van der Waals surface area (Å²) in [5, 5.41) is 7.89. The molecular weight excluding hydrogens is 442 g/mol. The Morgan fingerprint density at radius 2 is 1.94 bits per heavy atom. The van der Waals surface area contributed by atoms with Crippen molar-refractivity contribution in [2.75, 3.05) is 7.11 Å². The molecule has 8 heteroatoms. The van der Waals surface area contributed by atoms with Crippen LogP contribution < -0.4 is 10.3 Å². The second-order valence-corrected chi connectivity index (χ2v) is 9.01. The summed E-state index contributed by atoms with van der Waals surface area (Å²) < 4.78 is 5.17. The largest absolute Gasteiger partial charge is 0.481 e. The molecule has 0 aliphatic carbocycles. The highest BCUT2D eigenvalue weighted by atomic mass is 16.5. The molecule has 4 aromatic rings. The average molecular weight is 474 g/mol. The fourth-order valence-electron chi connectivity index (χ4n) is 4.33. The van der Waals surface area contributed by atoms with Crippen molar-refractivity contribution >= 4 is 16.8 Å². The van der Waals surface area contributed by atoms with Gasteiger partial charge in [0.1, 0.15) is 0 Å². The molecule has 3 aromatic heterocycles. The van der Waals surface area contributed by atoms with Gasteiger partial charge in [0.15, 0.2) is 0 Å². The molecule has 0 aliphatic rings. The Bertz CT molecular complexity index is 1400. The zero-order chi connectivity index (χ0) is 25.1. The number of nitrogens with zero attached hydrogens (tertiary/aromatic N) is 3. The van der Waals surface area contributed by atoms with Gasteiger partial charge in [-0.25, -0.2) is 4.98 Å². The number of aromatic nitrogens is 4. The molecule has 0 aliphatic heterocycles. The Labute approximate surface area is 204 Å². The van der Waals surface area contributed by atoms with Gasteiger partial charge in [0.05, 0.1) is 30.9 Å². The highest BCUT2D eigenvalue weighted by Crippen LogP contribution is 2.29. The number of aryl methyl sites for hydroxylation is 2. The summed E-state index contributed by atoms with van der Waals surface area (Å²) in [6, 6.07) is 9.39. The van der Waals surface area contributed by atoms with Crippen LogP contribution in [0.4, 0.5) is 0 Å². The predicted octanol–water partition coefficient (Wildman–Crippen LogP) is 4.63. The number of hydrogen-bond donors (Lipinski definition) is 2. The van der Waals surface area contributed by atoms with E-state index in [1.165, 1.54) is 0 Å². The summed E-state index contributed by atoms with van der Waals surface area (Å²) in [6.07, 6.45) is 5.08. The van der Waals surface area contributed by atoms with Crippen molar-refractivity contribution in [3.8, 4) is 17.0 Å². The third-order valence-electron chi connectivity index (χ3n) is 6.16. The number of nitrogens with one attached hydrogen (secondary N) is 2. The fourth-order valence-corrected chi connectivity index (χ4v) is 4.33. The van der Waals surface area contributed by atoms with Crippen molar-refractivity contribution in [3.63, 3.8) is 0 Å². The Morgan fingerprint density at radius 1 is 1.14 bits per heavy atom. The van der Waals surface area contributed by atoms with E-state index in [0.717, 1.165) is 46.1 Å². The van der Waals surface area contributed by atoms with Gasteiger partial charge in [-0.3, -0.25) is 14.7 Å². The van der Waals surface area contributed by atoms with Gasteiger partial charge in [0, 0.05) is 40.5 Å². The Morgan fingerprint density at radius 3 is 2.60 bits per heavy atom. The van der Waals surface area contributed by atoms with Crippen LogP contribution in [0.1, 0.15) is 54.4 Å². The maximum Gasteiger partial charge on any atom is 0.255 e. The van der Waals surface area contributed by atoms with Gasteiger partial charge < -0.3 is 14.6 Å². The van der Waals surface area contributed by atoms with E-state index in [9.17, 15) is 9.59 Å². The number of amides is 1. The molecule has 1 aromatic carbocycles. The minimum atomic E-state index is -0.155. The summed E-state index contributed by atoms with van der Waals surface area (Å²) in [4.78, 5) is 35.8. The number of hydrogen-bond acceptors (Lipinski definition) is 5. The first-order chi connectivity index (χ1) is 16.8. The van der Waals surface area contributed by atoms with E-state index in [-0.39, 0.29) is 24.1 Å². The van der Waals surface area contributed by atoms with Crippen molar-refractivity contribution < 1.29 is 9.53 Å². The summed E-state index contributed by atoms with van der Waals surface area (Å²) in [5.74, 6) is 0.363. The molecule has 0 unspecified atom stereocenters. The van der Waals surface area contributed by atoms with Crippen molar-refractivity contribution in [3.05, 3.63) is 75.5 Å². The van der Waals surface area contributed by atoms with E-state index in [1.54, 1.807) is 30.5 Å². The lowest BCUT2D eigenvalue weighted by molar-refractivity contribution is 0.0691. The lowest BCUT2D eigenvalue weighted by Crippen LogP contribution is -2.38. The summed E-state index contributed by atoms with van der Waals surface area (Å²) >= 11 is 0. The molecule has 0 atom stereocenters. The Balaban J connectivity index is 1.78. The number of fused-ring (bicyclic) bond motifs is 1. The number of aromatic amines is 2. The van der Waals surface area contributed by atoms with E-state index in [2.05, 4.69) is 27.1 Å². The maximum absolute atomic E-state index is 14.0. The highest BCUT2D eigenvalue weighted by molar-refractivity contribution is 6.07. The van der Waals surface area contributed by atoms with E-state index in [4.69, 9.17) is 4.74 Å². The summed E-state index contributed by atoms with van der Waals surface area (Å²) in [5.41, 5.74) is 5.28. The van der Waals surface area contributed by atoms with Gasteiger partial charge >= 0.3 is 0 Å². The van der Waals surface area contributed by atoms with Gasteiger partial charge in [0.25, 0.3) is 11.5 Å². The molecule has 1 amide bonds. The van der Waals surface area contributed by atoms with Gasteiger partial charge in [-0.15, -0.1) is 0 Å². The SMILES string of the molecule is CCCc1cc(C)[nH]c(=O)c1CN(C(=O)c1cc(-c2ccc(OC)nc2)cc2[nH]ncc12)C(C)C. The predicted molar refractivity (Wildman–Crippen MR) is 137 cm³/mol. The molecule has 4 rings (SSSR count). The molecule has 3 heterocycles. The first kappa shape index (κ1) is 24.2. The van der Waals surface area contributed by atoms with Gasteiger partial charge in [-0.1, -0.05) is 13.3 Å². The van der Waals surface area contributed by atoms with Gasteiger partial charge in [-0.2, -0.15) is 5.10 Å². The van der Waals surface area contributed by atoms with Crippen molar-refractivity contribution in [2.45, 2.75) is 53.1 Å². The minimum absolute atomic E-state index is 0.120. The molecule has 35 heavy (non-hydrogen) atoms. The number of H-pyrrole nitrogens is 2. The van der Waals surface area contributed by atoms with Crippen molar-refractivity contribution in [1.29, 1.82) is 0 Å². The molecule has 2 N–H and O–H groups in total. The van der Waals surface area contributed by atoms with Crippen LogP contribution in [0.2, 0.25) is 0 Å². The zero-order valence-electron chi connectivity index (χ0n) is 20.8. The molecule has 0 fully saturated rings. The molecule has 0 radical (unpaired) electrons. The number of ether oxygens (including phenoxy) is 1. The summed E-state index contributed by atoms with van der Waals surface area (Å²) in [6.45, 7) is 8.12. The minimum Gasteiger partial charge on any atom is -0.481 e. The monoisotopic (exact) mass is 473 g/mol. The van der Waals surface area contributed by atoms with Crippen LogP contribution in [-0.4, -0.2) is 44.1 Å². The van der Waals surface area contributed by atoms with Crippen LogP contribution in [0.3, 0.4) is 0 Å². The van der Waals surface area contributed by atoms with Crippen LogP contribution in [-0.2, 0) is 13.0 Å². The highest BCUT2D eigenvalue weighted by Gasteiger charge is 2.25. The smallest absolute Gasteiger partial charge is 0.255 e. The van der Waals surface area contributed by atoms with E-state index < -0.39 is 0 Å². The molecule has 0 bridgehead atoms. The van der Waals surface area contributed by atoms with E-state index >= 15 is 0 Å². The molecule has 0 saturated heterocycles. The van der Waals surface area contributed by atoms with E-state index in [0.29, 0.717) is 17.0 Å². The normalized spacial score (nSPS) is 11.3. The quantitative estimate of drug-likeness (QED) is 0.388. The van der Waals surface area contributed by atoms with Crippen LogP contribution in [0, 0.1) is 6.92 Å². The molecule has 0 spiro atoms. The van der Waals surface area contributed by atoms with Crippen LogP contribution in [0.15, 0.2) is 47.5 Å². The van der Waals surface area contributed by atoms with Gasteiger partial charge in [-0.05, 0) is 62.6 Å². The topological polar surface area (TPSA) is 104 Å². The van der Waals surface area contributed by atoms with Crippen molar-refractivity contribution in [2.24, 2.45) is 0 Å². The van der Waals surface area contributed by atoms with Crippen LogP contribution >= 0.6 is 0 Å². The number of carbonyl (C=O) groups is 1. The number of methoxy groups -OCH3 is 1. The Hall–Kier alpha value is -3.94. The third kappa shape index (κ3) is 4.96. The first-order valence-corrected chi connectivity index (χ1v) is 11.8. The fraction of sp³-hybridized carbons (Fsp3) is 0.333. The molecule has 182 valence electrons. The first-order valence-electron chi connectivity index (χ1n) is 11.8. The Kier molecular flexibility index (Phi) is 7.00. The third-order valence-corrected chi connectivity index (χ3v) is 6.16. The van der Waals surface area contributed by atoms with E-state index in [1.807, 2.05) is 45.0 Å².